The Kier molecular flexibility index (Phi) is 16.4. The number of benzene rings is 1. The van der Waals surface area contributed by atoms with Crippen molar-refractivity contribution >= 4 is 18.6 Å². The van der Waals surface area contributed by atoms with Crippen molar-refractivity contribution < 1.29 is 19.6 Å². The van der Waals surface area contributed by atoms with Gasteiger partial charge in [-0.15, -0.1) is 0 Å². The van der Waals surface area contributed by atoms with Crippen molar-refractivity contribution in [3.8, 4) is 0 Å². The van der Waals surface area contributed by atoms with E-state index in [1.54, 1.807) is 12.1 Å². The van der Waals surface area contributed by atoms with Gasteiger partial charge < -0.3 is 14.8 Å². The topological polar surface area (TPSA) is 66.8 Å². The maximum Gasteiger partial charge on any atom is 0.488 e. The molecule has 0 aliphatic heterocycles. The summed E-state index contributed by atoms with van der Waals surface area (Å²) in [5.41, 5.74) is 0.806. The smallest absolute Gasteiger partial charge is 0.462 e. The van der Waals surface area contributed by atoms with Gasteiger partial charge in [-0.1, -0.05) is 115 Å². The number of rotatable bonds is 19. The molecule has 0 atom stereocenters. The molecular weight excluding hydrogens is 375 g/mol. The number of esters is 1. The molecule has 4 nitrogen and oxygen atoms in total. The van der Waals surface area contributed by atoms with Gasteiger partial charge in [-0.25, -0.2) is 4.79 Å². The molecule has 0 radical (unpaired) electrons. The van der Waals surface area contributed by atoms with Crippen LogP contribution in [0.3, 0.4) is 0 Å². The molecule has 0 fully saturated rings. The van der Waals surface area contributed by atoms with E-state index < -0.39 is 7.12 Å². The van der Waals surface area contributed by atoms with Crippen LogP contribution in [0, 0.1) is 0 Å². The van der Waals surface area contributed by atoms with Crippen molar-refractivity contribution in [3.63, 3.8) is 0 Å². The van der Waals surface area contributed by atoms with Crippen molar-refractivity contribution in [2.45, 2.75) is 110 Å². The molecule has 0 aliphatic carbocycles. The fraction of sp³-hybridized carbons (Fsp3) is 0.720. The summed E-state index contributed by atoms with van der Waals surface area (Å²) >= 11 is 0. The minimum atomic E-state index is -1.51. The van der Waals surface area contributed by atoms with Crippen molar-refractivity contribution in [1.29, 1.82) is 0 Å². The highest BCUT2D eigenvalue weighted by molar-refractivity contribution is 6.58. The zero-order valence-corrected chi connectivity index (χ0v) is 19.1. The van der Waals surface area contributed by atoms with Gasteiger partial charge in [-0.2, -0.15) is 0 Å². The van der Waals surface area contributed by atoms with Gasteiger partial charge in [0.05, 0.1) is 12.2 Å². The Bertz CT molecular complexity index is 530. The van der Waals surface area contributed by atoms with Gasteiger partial charge in [0.1, 0.15) is 0 Å². The molecule has 30 heavy (non-hydrogen) atoms. The van der Waals surface area contributed by atoms with Crippen molar-refractivity contribution in [2.24, 2.45) is 0 Å². The SMILES string of the molecule is CCCCCCCCCCCCCCCCCCOC(=O)c1ccc(B(O)O)cc1. The van der Waals surface area contributed by atoms with Gasteiger partial charge in [0.15, 0.2) is 0 Å². The first-order valence-corrected chi connectivity index (χ1v) is 12.3. The summed E-state index contributed by atoms with van der Waals surface area (Å²) < 4.78 is 5.28. The highest BCUT2D eigenvalue weighted by Crippen LogP contribution is 2.13. The van der Waals surface area contributed by atoms with E-state index in [-0.39, 0.29) is 5.97 Å². The lowest BCUT2D eigenvalue weighted by molar-refractivity contribution is 0.0497. The van der Waals surface area contributed by atoms with Crippen LogP contribution < -0.4 is 5.46 Å². The van der Waals surface area contributed by atoms with Crippen LogP contribution in [0.25, 0.3) is 0 Å². The number of hydrogen-bond donors (Lipinski definition) is 2. The molecule has 5 heteroatoms. The summed E-state index contributed by atoms with van der Waals surface area (Å²) in [7, 11) is -1.51. The van der Waals surface area contributed by atoms with Gasteiger partial charge in [-0.3, -0.25) is 0 Å². The summed E-state index contributed by atoms with van der Waals surface area (Å²) in [6, 6.07) is 6.17. The second kappa shape index (κ2) is 18.4. The second-order valence-corrected chi connectivity index (χ2v) is 8.43. The quantitative estimate of drug-likeness (QED) is 0.170. The van der Waals surface area contributed by atoms with Crippen molar-refractivity contribution in [2.75, 3.05) is 6.61 Å². The Morgan fingerprint density at radius 2 is 1.10 bits per heavy atom. The fourth-order valence-corrected chi connectivity index (χ4v) is 3.69. The first-order valence-electron chi connectivity index (χ1n) is 12.3. The summed E-state index contributed by atoms with van der Waals surface area (Å²) in [5.74, 6) is -0.352. The van der Waals surface area contributed by atoms with Crippen LogP contribution in [0.1, 0.15) is 120 Å². The first kappa shape index (κ1) is 26.7. The molecule has 1 aromatic rings. The maximum absolute atomic E-state index is 11.9. The van der Waals surface area contributed by atoms with Gasteiger partial charge >= 0.3 is 13.1 Å². The molecule has 0 saturated heterocycles. The minimum absolute atomic E-state index is 0.352. The Hall–Kier alpha value is -1.33. The number of carbonyl (C=O) groups is 1. The van der Waals surface area contributed by atoms with Gasteiger partial charge in [0, 0.05) is 0 Å². The number of hydrogen-bond acceptors (Lipinski definition) is 4. The lowest BCUT2D eigenvalue weighted by Gasteiger charge is -2.06. The predicted molar refractivity (Wildman–Crippen MR) is 126 cm³/mol. The maximum atomic E-state index is 11.9. The zero-order valence-electron chi connectivity index (χ0n) is 19.1. The van der Waals surface area contributed by atoms with E-state index in [1.807, 2.05) is 0 Å². The van der Waals surface area contributed by atoms with E-state index >= 15 is 0 Å². The summed E-state index contributed by atoms with van der Waals surface area (Å²) in [4.78, 5) is 11.9. The average molecular weight is 418 g/mol. The lowest BCUT2D eigenvalue weighted by Crippen LogP contribution is -2.29. The minimum Gasteiger partial charge on any atom is -0.462 e. The molecule has 0 spiro atoms. The first-order chi connectivity index (χ1) is 14.6. The molecule has 0 aliphatic rings. The van der Waals surface area contributed by atoms with Gasteiger partial charge in [0.2, 0.25) is 0 Å². The Balaban J connectivity index is 1.85. The highest BCUT2D eigenvalue weighted by Gasteiger charge is 2.12. The monoisotopic (exact) mass is 418 g/mol. The molecule has 2 N–H and O–H groups in total. The molecule has 0 aromatic heterocycles. The molecule has 1 aromatic carbocycles. The number of carbonyl (C=O) groups excluding carboxylic acids is 1. The molecule has 0 saturated carbocycles. The fourth-order valence-electron chi connectivity index (χ4n) is 3.69. The third kappa shape index (κ3) is 13.8. The van der Waals surface area contributed by atoms with Crippen LogP contribution >= 0.6 is 0 Å². The van der Waals surface area contributed by atoms with Crippen LogP contribution in [0.4, 0.5) is 0 Å². The van der Waals surface area contributed by atoms with Crippen molar-refractivity contribution in [1.82, 2.24) is 0 Å². The zero-order chi connectivity index (χ0) is 21.9. The molecule has 1 rings (SSSR count). The molecule has 170 valence electrons. The predicted octanol–water partition coefficient (Wildman–Crippen LogP) is 5.78. The van der Waals surface area contributed by atoms with E-state index in [0.717, 1.165) is 12.8 Å². The Morgan fingerprint density at radius 1 is 0.700 bits per heavy atom. The second-order valence-electron chi connectivity index (χ2n) is 8.43. The van der Waals surface area contributed by atoms with E-state index in [1.165, 1.54) is 102 Å². The Labute approximate surface area is 184 Å². The van der Waals surface area contributed by atoms with E-state index in [2.05, 4.69) is 6.92 Å². The molecule has 0 unspecified atom stereocenters. The van der Waals surface area contributed by atoms with Crippen LogP contribution in [-0.2, 0) is 4.74 Å². The van der Waals surface area contributed by atoms with E-state index in [0.29, 0.717) is 17.6 Å². The third-order valence-corrected chi connectivity index (χ3v) is 5.68. The molecule has 0 amide bonds. The van der Waals surface area contributed by atoms with Crippen LogP contribution in [0.5, 0.6) is 0 Å². The Morgan fingerprint density at radius 3 is 1.50 bits per heavy atom. The number of unbranched alkanes of at least 4 members (excludes halogenated alkanes) is 15. The van der Waals surface area contributed by atoms with Crippen molar-refractivity contribution in [3.05, 3.63) is 29.8 Å². The average Bonchev–Trinajstić information content (AvgIpc) is 2.75. The standard InChI is InChI=1S/C25H43BO4/c1-2-3-4-5-6-7-8-9-10-11-12-13-14-15-16-17-22-30-25(27)23-18-20-24(21-19-23)26(28)29/h18-21,28-29H,2-17,22H2,1H3. The van der Waals surface area contributed by atoms with E-state index in [9.17, 15) is 4.79 Å². The van der Waals surface area contributed by atoms with Gasteiger partial charge in [-0.05, 0) is 24.0 Å². The van der Waals surface area contributed by atoms with Gasteiger partial charge in [0.25, 0.3) is 0 Å². The lowest BCUT2D eigenvalue weighted by atomic mass is 9.80. The summed E-state index contributed by atoms with van der Waals surface area (Å²) in [5, 5.41) is 18.1. The summed E-state index contributed by atoms with van der Waals surface area (Å²) in [6.45, 7) is 2.72. The molecule has 0 heterocycles. The largest absolute Gasteiger partial charge is 0.488 e. The van der Waals surface area contributed by atoms with Crippen LogP contribution in [0.15, 0.2) is 24.3 Å². The molecule has 0 bridgehead atoms. The van der Waals surface area contributed by atoms with Crippen LogP contribution in [0.2, 0.25) is 0 Å². The highest BCUT2D eigenvalue weighted by atomic mass is 16.5. The normalized spacial score (nSPS) is 10.9. The third-order valence-electron chi connectivity index (χ3n) is 5.68. The summed E-state index contributed by atoms with van der Waals surface area (Å²) in [6.07, 6.45) is 21.2. The van der Waals surface area contributed by atoms with Crippen LogP contribution in [-0.4, -0.2) is 29.7 Å². The number of ether oxygens (including phenoxy) is 1. The van der Waals surface area contributed by atoms with E-state index in [4.69, 9.17) is 14.8 Å². The molecular formula is C25H43BO4.